The van der Waals surface area contributed by atoms with Crippen molar-refractivity contribution in [1.29, 1.82) is 0 Å². The third-order valence-electron chi connectivity index (χ3n) is 3.64. The highest BCUT2D eigenvalue weighted by molar-refractivity contribution is 5.98. The first kappa shape index (κ1) is 29.2. The van der Waals surface area contributed by atoms with Gasteiger partial charge in [-0.15, -0.1) is 0 Å². The minimum Gasteiger partial charge on any atom is -0.445 e. The van der Waals surface area contributed by atoms with E-state index < -0.39 is 23.8 Å². The fraction of sp³-hybridized carbons (Fsp3) is 0.600. The summed E-state index contributed by atoms with van der Waals surface area (Å²) in [6, 6.07) is -0.714. The number of hydrogen-bond acceptors (Lipinski definition) is 7. The van der Waals surface area contributed by atoms with E-state index in [-0.39, 0.29) is 43.1 Å². The molecule has 2 unspecified atom stereocenters. The van der Waals surface area contributed by atoms with Crippen LogP contribution in [-0.4, -0.2) is 54.6 Å². The third kappa shape index (κ3) is 17.1. The zero-order valence-electron chi connectivity index (χ0n) is 18.5. The van der Waals surface area contributed by atoms with Crippen LogP contribution in [0.15, 0.2) is 12.2 Å². The highest BCUT2D eigenvalue weighted by atomic mass is 16.5. The molecule has 10 nitrogen and oxygen atoms in total. The molecule has 0 rings (SSSR count). The summed E-state index contributed by atoms with van der Waals surface area (Å²) >= 11 is 0. The van der Waals surface area contributed by atoms with Crippen LogP contribution in [0, 0.1) is 5.92 Å². The van der Waals surface area contributed by atoms with E-state index in [0.717, 1.165) is 6.42 Å². The predicted molar refractivity (Wildman–Crippen MR) is 110 cm³/mol. The van der Waals surface area contributed by atoms with E-state index in [2.05, 4.69) is 20.7 Å². The van der Waals surface area contributed by atoms with Gasteiger partial charge in [0.05, 0.1) is 6.54 Å². The van der Waals surface area contributed by atoms with Crippen molar-refractivity contribution < 1.29 is 33.5 Å². The molecule has 0 aliphatic rings. The van der Waals surface area contributed by atoms with Crippen molar-refractivity contribution in [3.8, 4) is 0 Å². The van der Waals surface area contributed by atoms with Crippen LogP contribution >= 0.6 is 0 Å². The smallest absolute Gasteiger partial charge is 0.304 e. The summed E-state index contributed by atoms with van der Waals surface area (Å²) in [7, 11) is 0. The average molecular weight is 427 g/mol. The van der Waals surface area contributed by atoms with E-state index in [4.69, 9.17) is 0 Å². The Morgan fingerprint density at radius 3 is 1.97 bits per heavy atom. The lowest BCUT2D eigenvalue weighted by molar-refractivity contribution is -0.143. The lowest BCUT2D eigenvalue weighted by atomic mass is 10.0. The van der Waals surface area contributed by atoms with Crippen LogP contribution in [-0.2, 0) is 33.5 Å². The second kappa shape index (κ2) is 16.9. The maximum Gasteiger partial charge on any atom is 0.304 e. The van der Waals surface area contributed by atoms with Gasteiger partial charge in [-0.1, -0.05) is 20.8 Å². The standard InChI is InChI=1S/C11H19N3O5.C9H14O2/c1-4-9(16)14-7(2)11(18)12-5-10(17)13-6-19-8(3)15;1-4-7(2)9(11)6-5-8(3)10/h7H,4-6H2,1-3H3,(H,12,18)(H,13,17)(H,14,16);5-7H,4H2,1-3H3/b;6-5-. The molecule has 0 aromatic heterocycles. The number of allylic oxidation sites excluding steroid dienone is 2. The molecule has 170 valence electrons. The van der Waals surface area contributed by atoms with Gasteiger partial charge in [-0.3, -0.25) is 28.8 Å². The van der Waals surface area contributed by atoms with Gasteiger partial charge in [-0.2, -0.15) is 0 Å². The first-order chi connectivity index (χ1) is 13.9. The number of amides is 3. The second-order valence-electron chi connectivity index (χ2n) is 6.40. The van der Waals surface area contributed by atoms with Gasteiger partial charge < -0.3 is 20.7 Å². The van der Waals surface area contributed by atoms with E-state index in [1.807, 2.05) is 13.8 Å². The van der Waals surface area contributed by atoms with Crippen molar-refractivity contribution >= 4 is 35.3 Å². The summed E-state index contributed by atoms with van der Waals surface area (Å²) < 4.78 is 4.49. The fourth-order valence-electron chi connectivity index (χ4n) is 1.58. The zero-order chi connectivity index (χ0) is 23.7. The number of hydrogen-bond donors (Lipinski definition) is 3. The quantitative estimate of drug-likeness (QED) is 0.246. The Balaban J connectivity index is 0. The maximum atomic E-state index is 11.5. The number of rotatable bonds is 11. The Kier molecular flexibility index (Phi) is 16.4. The molecule has 0 radical (unpaired) electrons. The van der Waals surface area contributed by atoms with Crippen molar-refractivity contribution in [3.05, 3.63) is 12.2 Å². The van der Waals surface area contributed by atoms with Gasteiger partial charge in [0.25, 0.3) is 0 Å². The molecule has 0 aromatic carbocycles. The number of carbonyl (C=O) groups is 6. The Labute approximate surface area is 177 Å². The highest BCUT2D eigenvalue weighted by Crippen LogP contribution is 2.02. The molecule has 0 aliphatic heterocycles. The Morgan fingerprint density at radius 2 is 1.50 bits per heavy atom. The number of ketones is 2. The normalized spacial score (nSPS) is 11.9. The van der Waals surface area contributed by atoms with Gasteiger partial charge >= 0.3 is 5.97 Å². The summed E-state index contributed by atoms with van der Waals surface area (Å²) in [6.45, 7) is 9.13. The van der Waals surface area contributed by atoms with Gasteiger partial charge in [0.1, 0.15) is 6.04 Å². The molecule has 0 saturated carbocycles. The van der Waals surface area contributed by atoms with E-state index in [9.17, 15) is 28.8 Å². The van der Waals surface area contributed by atoms with E-state index in [1.165, 1.54) is 32.9 Å². The monoisotopic (exact) mass is 427 g/mol. The van der Waals surface area contributed by atoms with Gasteiger partial charge in [0, 0.05) is 19.3 Å². The Bertz CT molecular complexity index is 644. The van der Waals surface area contributed by atoms with Crippen molar-refractivity contribution in [1.82, 2.24) is 16.0 Å². The van der Waals surface area contributed by atoms with Crippen molar-refractivity contribution in [3.63, 3.8) is 0 Å². The van der Waals surface area contributed by atoms with Gasteiger partial charge in [0.2, 0.25) is 17.7 Å². The van der Waals surface area contributed by atoms with Crippen LogP contribution in [0.5, 0.6) is 0 Å². The lowest BCUT2D eigenvalue weighted by Crippen LogP contribution is -2.47. The van der Waals surface area contributed by atoms with E-state index >= 15 is 0 Å². The summed E-state index contributed by atoms with van der Waals surface area (Å²) in [5, 5.41) is 7.08. The number of nitrogens with one attached hydrogen (secondary N) is 3. The van der Waals surface area contributed by atoms with Crippen LogP contribution in [0.4, 0.5) is 0 Å². The highest BCUT2D eigenvalue weighted by Gasteiger charge is 2.15. The topological polar surface area (TPSA) is 148 Å². The second-order valence-corrected chi connectivity index (χ2v) is 6.40. The molecule has 0 fully saturated rings. The first-order valence-electron chi connectivity index (χ1n) is 9.64. The largest absolute Gasteiger partial charge is 0.445 e. The SMILES string of the molecule is CCC(=O)NC(C)C(=O)NCC(=O)NCOC(C)=O.CCC(C)C(=O)/C=C\C(C)=O. The molecule has 10 heteroatoms. The first-order valence-corrected chi connectivity index (χ1v) is 9.64. The Hall–Kier alpha value is -3.04. The van der Waals surface area contributed by atoms with Crippen molar-refractivity contribution in [2.24, 2.45) is 5.92 Å². The zero-order valence-corrected chi connectivity index (χ0v) is 18.5. The molecule has 0 aliphatic carbocycles. The average Bonchev–Trinajstić information content (AvgIpc) is 2.69. The molecular weight excluding hydrogens is 394 g/mol. The van der Waals surface area contributed by atoms with Crippen LogP contribution in [0.1, 0.15) is 54.4 Å². The molecule has 30 heavy (non-hydrogen) atoms. The number of esters is 1. The molecule has 2 atom stereocenters. The third-order valence-corrected chi connectivity index (χ3v) is 3.64. The van der Waals surface area contributed by atoms with Crippen molar-refractivity contribution in [2.75, 3.05) is 13.3 Å². The lowest BCUT2D eigenvalue weighted by Gasteiger charge is -2.13. The molecular formula is C20H33N3O7. The molecule has 0 bridgehead atoms. The molecule has 3 amide bonds. The Morgan fingerprint density at radius 1 is 0.900 bits per heavy atom. The van der Waals surface area contributed by atoms with Gasteiger partial charge in [-0.25, -0.2) is 0 Å². The fourth-order valence-corrected chi connectivity index (χ4v) is 1.58. The van der Waals surface area contributed by atoms with Crippen LogP contribution < -0.4 is 16.0 Å². The number of ether oxygens (including phenoxy) is 1. The molecule has 0 aromatic rings. The molecule has 0 saturated heterocycles. The van der Waals surface area contributed by atoms with Crippen molar-refractivity contribution in [2.45, 2.75) is 60.4 Å². The number of carbonyl (C=O) groups excluding carboxylic acids is 6. The summed E-state index contributed by atoms with van der Waals surface area (Å²) in [5.74, 6) is -1.75. The summed E-state index contributed by atoms with van der Waals surface area (Å²) in [6.07, 6.45) is 3.77. The summed E-state index contributed by atoms with van der Waals surface area (Å²) in [5.41, 5.74) is 0. The molecule has 3 N–H and O–H groups in total. The maximum absolute atomic E-state index is 11.5. The van der Waals surface area contributed by atoms with Gasteiger partial charge in [-0.05, 0) is 32.4 Å². The van der Waals surface area contributed by atoms with E-state index in [0.29, 0.717) is 0 Å². The molecule has 0 spiro atoms. The van der Waals surface area contributed by atoms with Crippen LogP contribution in [0.2, 0.25) is 0 Å². The minimum absolute atomic E-state index is 0.0303. The van der Waals surface area contributed by atoms with Gasteiger partial charge in [0.15, 0.2) is 18.3 Å². The minimum atomic E-state index is -0.714. The predicted octanol–water partition coefficient (Wildman–Crippen LogP) is 0.401. The van der Waals surface area contributed by atoms with Crippen LogP contribution in [0.25, 0.3) is 0 Å². The summed E-state index contributed by atoms with van der Waals surface area (Å²) in [4.78, 5) is 65.7. The van der Waals surface area contributed by atoms with E-state index in [1.54, 1.807) is 6.92 Å². The molecule has 0 heterocycles. The van der Waals surface area contributed by atoms with Crippen LogP contribution in [0.3, 0.4) is 0 Å².